The van der Waals surface area contributed by atoms with Crippen molar-refractivity contribution in [3.05, 3.63) is 35.6 Å². The second-order valence-electron chi connectivity index (χ2n) is 5.46. The Kier molecular flexibility index (Phi) is 5.76. The van der Waals surface area contributed by atoms with Gasteiger partial charge < -0.3 is 5.73 Å². The van der Waals surface area contributed by atoms with E-state index in [1.807, 2.05) is 12.1 Å². The van der Waals surface area contributed by atoms with Gasteiger partial charge in [0.15, 0.2) is 0 Å². The average molecular weight is 252 g/mol. The van der Waals surface area contributed by atoms with E-state index in [9.17, 15) is 4.39 Å². The molecule has 0 aliphatic heterocycles. The monoisotopic (exact) mass is 252 g/mol. The third-order valence-corrected chi connectivity index (χ3v) is 3.13. The maximum absolute atomic E-state index is 13.9. The van der Waals surface area contributed by atoms with E-state index in [2.05, 4.69) is 32.6 Å². The molecule has 1 atom stereocenters. The lowest BCUT2D eigenvalue weighted by Crippen LogP contribution is -2.41. The molecule has 0 spiro atoms. The molecule has 2 N–H and O–H groups in total. The Morgan fingerprint density at radius 2 is 1.78 bits per heavy atom. The number of halogens is 1. The maximum Gasteiger partial charge on any atom is 0.128 e. The van der Waals surface area contributed by atoms with Crippen LogP contribution in [0.15, 0.2) is 24.3 Å². The lowest BCUT2D eigenvalue weighted by atomic mass is 10.0. The predicted octanol–water partition coefficient (Wildman–Crippen LogP) is 3.19. The summed E-state index contributed by atoms with van der Waals surface area (Å²) in [5.74, 6) is 0.371. The van der Waals surface area contributed by atoms with Crippen molar-refractivity contribution >= 4 is 0 Å². The fraction of sp³-hybridized carbons (Fsp3) is 0.600. The van der Waals surface area contributed by atoms with Crippen LogP contribution in [0.5, 0.6) is 0 Å². The molecule has 0 aliphatic carbocycles. The quantitative estimate of drug-likeness (QED) is 0.842. The molecular formula is C15H25FN2. The van der Waals surface area contributed by atoms with Gasteiger partial charge in [0.2, 0.25) is 0 Å². The number of nitrogens with zero attached hydrogens (tertiary/aromatic N) is 1. The molecule has 18 heavy (non-hydrogen) atoms. The number of hydrogen-bond acceptors (Lipinski definition) is 2. The summed E-state index contributed by atoms with van der Waals surface area (Å²) in [4.78, 5) is 2.28. The zero-order chi connectivity index (χ0) is 13.7. The summed E-state index contributed by atoms with van der Waals surface area (Å²) < 4.78 is 13.9. The number of rotatable bonds is 6. The Morgan fingerprint density at radius 1 is 1.17 bits per heavy atom. The smallest absolute Gasteiger partial charge is 0.128 e. The number of nitrogens with two attached hydrogens (primary N) is 1. The van der Waals surface area contributed by atoms with E-state index >= 15 is 0 Å². The van der Waals surface area contributed by atoms with Crippen molar-refractivity contribution in [2.75, 3.05) is 13.1 Å². The molecule has 0 fully saturated rings. The zero-order valence-electron chi connectivity index (χ0n) is 11.9. The number of benzene rings is 1. The minimum absolute atomic E-state index is 0.0476. The Balaban J connectivity index is 3.02. The van der Waals surface area contributed by atoms with Crippen LogP contribution in [-0.2, 0) is 0 Å². The van der Waals surface area contributed by atoms with Crippen molar-refractivity contribution in [3.8, 4) is 0 Å². The SMILES string of the molecule is CC(C)CN(C(C)C)C(CN)c1ccccc1F. The molecular weight excluding hydrogens is 227 g/mol. The highest BCUT2D eigenvalue weighted by atomic mass is 19.1. The maximum atomic E-state index is 13.9. The molecule has 0 aromatic heterocycles. The lowest BCUT2D eigenvalue weighted by Gasteiger charge is -2.36. The van der Waals surface area contributed by atoms with Gasteiger partial charge in [-0.25, -0.2) is 4.39 Å². The lowest BCUT2D eigenvalue weighted by molar-refractivity contribution is 0.136. The molecule has 0 bridgehead atoms. The van der Waals surface area contributed by atoms with Gasteiger partial charge in [0.1, 0.15) is 5.82 Å². The van der Waals surface area contributed by atoms with Crippen LogP contribution in [-0.4, -0.2) is 24.0 Å². The molecule has 1 aromatic rings. The molecule has 0 aliphatic rings. The molecule has 3 heteroatoms. The average Bonchev–Trinajstić information content (AvgIpc) is 2.30. The van der Waals surface area contributed by atoms with E-state index in [-0.39, 0.29) is 11.9 Å². The summed E-state index contributed by atoms with van der Waals surface area (Å²) in [6.45, 7) is 9.96. The Morgan fingerprint density at radius 3 is 2.22 bits per heavy atom. The summed E-state index contributed by atoms with van der Waals surface area (Å²) in [6.07, 6.45) is 0. The van der Waals surface area contributed by atoms with E-state index in [1.165, 1.54) is 6.07 Å². The third kappa shape index (κ3) is 3.79. The van der Waals surface area contributed by atoms with Gasteiger partial charge in [-0.2, -0.15) is 0 Å². The van der Waals surface area contributed by atoms with E-state index in [4.69, 9.17) is 5.73 Å². The van der Waals surface area contributed by atoms with E-state index in [1.54, 1.807) is 6.07 Å². The Bertz CT molecular complexity index is 363. The van der Waals surface area contributed by atoms with Crippen LogP contribution in [0.25, 0.3) is 0 Å². The first-order valence-electron chi connectivity index (χ1n) is 6.67. The second kappa shape index (κ2) is 6.86. The van der Waals surface area contributed by atoms with Crippen LogP contribution in [0.1, 0.15) is 39.3 Å². The van der Waals surface area contributed by atoms with Crippen molar-refractivity contribution < 1.29 is 4.39 Å². The normalized spacial score (nSPS) is 13.6. The van der Waals surface area contributed by atoms with Crippen molar-refractivity contribution in [1.82, 2.24) is 4.90 Å². The summed E-state index contributed by atoms with van der Waals surface area (Å²) in [6, 6.07) is 7.23. The first-order chi connectivity index (χ1) is 8.47. The van der Waals surface area contributed by atoms with Gasteiger partial charge in [0.25, 0.3) is 0 Å². The molecule has 0 saturated carbocycles. The molecule has 0 saturated heterocycles. The largest absolute Gasteiger partial charge is 0.329 e. The number of hydrogen-bond donors (Lipinski definition) is 1. The predicted molar refractivity (Wildman–Crippen MR) is 74.9 cm³/mol. The molecule has 1 rings (SSSR count). The summed E-state index contributed by atoms with van der Waals surface area (Å²) in [5.41, 5.74) is 6.58. The first kappa shape index (κ1) is 15.1. The highest BCUT2D eigenvalue weighted by Crippen LogP contribution is 2.25. The van der Waals surface area contributed by atoms with Gasteiger partial charge in [-0.05, 0) is 25.8 Å². The van der Waals surface area contributed by atoms with Crippen LogP contribution >= 0.6 is 0 Å². The minimum Gasteiger partial charge on any atom is -0.329 e. The van der Waals surface area contributed by atoms with E-state index < -0.39 is 0 Å². The molecule has 1 unspecified atom stereocenters. The van der Waals surface area contributed by atoms with Gasteiger partial charge in [0, 0.05) is 24.7 Å². The van der Waals surface area contributed by atoms with Gasteiger partial charge in [-0.15, -0.1) is 0 Å². The van der Waals surface area contributed by atoms with Crippen LogP contribution < -0.4 is 5.73 Å². The molecule has 1 aromatic carbocycles. The van der Waals surface area contributed by atoms with Crippen molar-refractivity contribution in [2.24, 2.45) is 11.7 Å². The molecule has 0 radical (unpaired) electrons. The first-order valence-corrected chi connectivity index (χ1v) is 6.67. The molecule has 0 amide bonds. The van der Waals surface area contributed by atoms with E-state index in [0.29, 0.717) is 24.1 Å². The van der Waals surface area contributed by atoms with Crippen molar-refractivity contribution in [3.63, 3.8) is 0 Å². The second-order valence-corrected chi connectivity index (χ2v) is 5.46. The third-order valence-electron chi connectivity index (χ3n) is 3.13. The summed E-state index contributed by atoms with van der Waals surface area (Å²) >= 11 is 0. The van der Waals surface area contributed by atoms with Crippen LogP contribution in [0, 0.1) is 11.7 Å². The van der Waals surface area contributed by atoms with E-state index in [0.717, 1.165) is 6.54 Å². The standard InChI is InChI=1S/C15H25FN2/c1-11(2)10-18(12(3)4)15(9-17)13-7-5-6-8-14(13)16/h5-8,11-12,15H,9-10,17H2,1-4H3. The molecule has 0 heterocycles. The summed E-state index contributed by atoms with van der Waals surface area (Å²) in [7, 11) is 0. The molecule has 2 nitrogen and oxygen atoms in total. The topological polar surface area (TPSA) is 29.3 Å². The van der Waals surface area contributed by atoms with Gasteiger partial charge in [-0.3, -0.25) is 4.90 Å². The highest BCUT2D eigenvalue weighted by Gasteiger charge is 2.24. The van der Waals surface area contributed by atoms with Gasteiger partial charge in [-0.1, -0.05) is 32.0 Å². The van der Waals surface area contributed by atoms with Crippen molar-refractivity contribution in [2.45, 2.75) is 39.8 Å². The van der Waals surface area contributed by atoms with Crippen LogP contribution in [0.3, 0.4) is 0 Å². The Hall–Kier alpha value is -0.930. The fourth-order valence-corrected chi connectivity index (χ4v) is 2.31. The fourth-order valence-electron chi connectivity index (χ4n) is 2.31. The van der Waals surface area contributed by atoms with Crippen LogP contribution in [0.4, 0.5) is 4.39 Å². The van der Waals surface area contributed by atoms with Gasteiger partial charge >= 0.3 is 0 Å². The minimum atomic E-state index is -0.164. The summed E-state index contributed by atoms with van der Waals surface area (Å²) in [5, 5.41) is 0. The van der Waals surface area contributed by atoms with Crippen molar-refractivity contribution in [1.29, 1.82) is 0 Å². The van der Waals surface area contributed by atoms with Gasteiger partial charge in [0.05, 0.1) is 6.04 Å². The highest BCUT2D eigenvalue weighted by molar-refractivity contribution is 5.22. The Labute approximate surface area is 110 Å². The zero-order valence-corrected chi connectivity index (χ0v) is 11.9. The van der Waals surface area contributed by atoms with Crippen LogP contribution in [0.2, 0.25) is 0 Å². The molecule has 102 valence electrons.